The monoisotopic (exact) mass is 308 g/mol. The molecule has 3 heteroatoms. The molecule has 0 radical (unpaired) electrons. The molecule has 1 aromatic carbocycles. The average molecular weight is 309 g/mol. The molecule has 0 spiro atoms. The minimum Gasteiger partial charge on any atom is -0.486 e. The predicted molar refractivity (Wildman–Crippen MR) is 75.9 cm³/mol. The molecule has 0 aliphatic carbocycles. The van der Waals surface area contributed by atoms with Crippen LogP contribution in [0, 0.1) is 0 Å². The fourth-order valence-electron chi connectivity index (χ4n) is 1.63. The highest BCUT2D eigenvalue weighted by atomic mass is 79.9. The van der Waals surface area contributed by atoms with Crippen LogP contribution in [0.3, 0.4) is 0 Å². The van der Waals surface area contributed by atoms with E-state index in [1.165, 1.54) is 5.56 Å². The van der Waals surface area contributed by atoms with Crippen molar-refractivity contribution in [2.45, 2.75) is 32.8 Å². The molecule has 1 heterocycles. The largest absolute Gasteiger partial charge is 0.486 e. The molecule has 2 rings (SSSR count). The lowest BCUT2D eigenvalue weighted by atomic mass is 9.87. The second-order valence-corrected chi connectivity index (χ2v) is 6.05. The number of rotatable bonds is 3. The van der Waals surface area contributed by atoms with Crippen molar-refractivity contribution in [3.05, 3.63) is 52.4 Å². The highest BCUT2D eigenvalue weighted by Gasteiger charge is 2.13. The van der Waals surface area contributed by atoms with Gasteiger partial charge in [-0.05, 0) is 51.2 Å². The second-order valence-electron chi connectivity index (χ2n) is 5.27. The molecule has 18 heavy (non-hydrogen) atoms. The zero-order valence-electron chi connectivity index (χ0n) is 10.9. The smallest absolute Gasteiger partial charge is 0.169 e. The maximum absolute atomic E-state index is 5.66. The van der Waals surface area contributed by atoms with E-state index in [-0.39, 0.29) is 5.41 Å². The van der Waals surface area contributed by atoms with Gasteiger partial charge in [-0.25, -0.2) is 0 Å². The Morgan fingerprint density at radius 1 is 1.06 bits per heavy atom. The number of halogens is 1. The molecule has 1 aromatic heterocycles. The van der Waals surface area contributed by atoms with Gasteiger partial charge in [0.15, 0.2) is 4.67 Å². The van der Waals surface area contributed by atoms with Gasteiger partial charge in [-0.3, -0.25) is 0 Å². The zero-order valence-corrected chi connectivity index (χ0v) is 12.5. The van der Waals surface area contributed by atoms with Crippen molar-refractivity contribution in [1.82, 2.24) is 0 Å². The second kappa shape index (κ2) is 5.19. The summed E-state index contributed by atoms with van der Waals surface area (Å²) in [6.07, 6.45) is 0. The standard InChI is InChI=1S/C15H17BrO2/c1-15(2,3)11-4-6-12(7-5-11)17-10-13-8-9-14(16)18-13/h4-9H,10H2,1-3H3. The van der Waals surface area contributed by atoms with Crippen molar-refractivity contribution in [3.63, 3.8) is 0 Å². The minimum absolute atomic E-state index is 0.171. The van der Waals surface area contributed by atoms with Crippen LogP contribution in [0.25, 0.3) is 0 Å². The number of hydrogen-bond donors (Lipinski definition) is 0. The molecular formula is C15H17BrO2. The Bertz CT molecular complexity index is 506. The van der Waals surface area contributed by atoms with Gasteiger partial charge in [0.05, 0.1) is 0 Å². The topological polar surface area (TPSA) is 22.4 Å². The zero-order chi connectivity index (χ0) is 13.2. The van der Waals surface area contributed by atoms with Crippen molar-refractivity contribution in [2.24, 2.45) is 0 Å². The lowest BCUT2D eigenvalue weighted by Crippen LogP contribution is -2.10. The Morgan fingerprint density at radius 2 is 1.72 bits per heavy atom. The number of hydrogen-bond acceptors (Lipinski definition) is 2. The Hall–Kier alpha value is -1.22. The van der Waals surface area contributed by atoms with E-state index < -0.39 is 0 Å². The Morgan fingerprint density at radius 3 is 2.22 bits per heavy atom. The molecule has 96 valence electrons. The molecule has 0 saturated carbocycles. The molecular weight excluding hydrogens is 292 g/mol. The summed E-state index contributed by atoms with van der Waals surface area (Å²) in [6, 6.07) is 12.0. The van der Waals surface area contributed by atoms with Crippen LogP contribution in [0.2, 0.25) is 0 Å². The first-order chi connectivity index (χ1) is 8.45. The van der Waals surface area contributed by atoms with Gasteiger partial charge in [0.1, 0.15) is 18.1 Å². The summed E-state index contributed by atoms with van der Waals surface area (Å²) in [4.78, 5) is 0. The third kappa shape index (κ3) is 3.39. The van der Waals surface area contributed by atoms with Gasteiger partial charge in [-0.1, -0.05) is 32.9 Å². The van der Waals surface area contributed by atoms with Crippen molar-refractivity contribution in [3.8, 4) is 5.75 Å². The van der Waals surface area contributed by atoms with Crippen LogP contribution in [0.1, 0.15) is 32.1 Å². The van der Waals surface area contributed by atoms with Crippen LogP contribution >= 0.6 is 15.9 Å². The van der Waals surface area contributed by atoms with Crippen LogP contribution < -0.4 is 4.74 Å². The van der Waals surface area contributed by atoms with Crippen LogP contribution in [0.4, 0.5) is 0 Å². The maximum atomic E-state index is 5.66. The molecule has 0 bridgehead atoms. The predicted octanol–water partition coefficient (Wildman–Crippen LogP) is 4.92. The van der Waals surface area contributed by atoms with E-state index in [2.05, 4.69) is 48.8 Å². The molecule has 2 aromatic rings. The molecule has 0 fully saturated rings. The third-order valence-electron chi connectivity index (χ3n) is 2.73. The van der Waals surface area contributed by atoms with Crippen molar-refractivity contribution >= 4 is 15.9 Å². The van der Waals surface area contributed by atoms with Crippen LogP contribution in [0.5, 0.6) is 5.75 Å². The first-order valence-corrected chi connectivity index (χ1v) is 6.72. The van der Waals surface area contributed by atoms with Gasteiger partial charge >= 0.3 is 0 Å². The molecule has 0 aliphatic heterocycles. The quantitative estimate of drug-likeness (QED) is 0.803. The fraction of sp³-hybridized carbons (Fsp3) is 0.333. The van der Waals surface area contributed by atoms with Gasteiger partial charge in [-0.15, -0.1) is 0 Å². The number of benzene rings is 1. The maximum Gasteiger partial charge on any atom is 0.169 e. The number of ether oxygens (including phenoxy) is 1. The highest BCUT2D eigenvalue weighted by molar-refractivity contribution is 9.10. The Balaban J connectivity index is 1.98. The van der Waals surface area contributed by atoms with E-state index in [0.29, 0.717) is 6.61 Å². The van der Waals surface area contributed by atoms with Crippen LogP contribution in [-0.4, -0.2) is 0 Å². The molecule has 0 atom stereocenters. The summed E-state index contributed by atoms with van der Waals surface area (Å²) in [7, 11) is 0. The highest BCUT2D eigenvalue weighted by Crippen LogP contribution is 2.24. The molecule has 0 unspecified atom stereocenters. The lowest BCUT2D eigenvalue weighted by Gasteiger charge is -2.19. The summed E-state index contributed by atoms with van der Waals surface area (Å²) in [5.41, 5.74) is 1.47. The van der Waals surface area contributed by atoms with E-state index in [1.807, 2.05) is 24.3 Å². The van der Waals surface area contributed by atoms with Gasteiger partial charge in [-0.2, -0.15) is 0 Å². The summed E-state index contributed by atoms with van der Waals surface area (Å²) < 4.78 is 11.8. The first-order valence-electron chi connectivity index (χ1n) is 5.93. The van der Waals surface area contributed by atoms with Crippen LogP contribution in [0.15, 0.2) is 45.5 Å². The number of furan rings is 1. The first kappa shape index (κ1) is 13.2. The Labute approximate surface area is 116 Å². The van der Waals surface area contributed by atoms with Crippen molar-refractivity contribution < 1.29 is 9.15 Å². The van der Waals surface area contributed by atoms with Gasteiger partial charge in [0, 0.05) is 0 Å². The summed E-state index contributed by atoms with van der Waals surface area (Å²) >= 11 is 3.27. The summed E-state index contributed by atoms with van der Waals surface area (Å²) in [5.74, 6) is 1.66. The minimum atomic E-state index is 0.171. The van der Waals surface area contributed by atoms with Gasteiger partial charge in [0.25, 0.3) is 0 Å². The molecule has 0 aliphatic rings. The summed E-state index contributed by atoms with van der Waals surface area (Å²) in [6.45, 7) is 7.04. The third-order valence-corrected chi connectivity index (χ3v) is 3.16. The molecule has 0 saturated heterocycles. The van der Waals surface area contributed by atoms with E-state index in [9.17, 15) is 0 Å². The van der Waals surface area contributed by atoms with Crippen molar-refractivity contribution in [2.75, 3.05) is 0 Å². The van der Waals surface area contributed by atoms with Crippen LogP contribution in [-0.2, 0) is 12.0 Å². The fourth-order valence-corrected chi connectivity index (χ4v) is 1.98. The van der Waals surface area contributed by atoms with E-state index in [0.717, 1.165) is 16.2 Å². The molecule has 2 nitrogen and oxygen atoms in total. The Kier molecular flexibility index (Phi) is 3.81. The van der Waals surface area contributed by atoms with Crippen molar-refractivity contribution in [1.29, 1.82) is 0 Å². The SMILES string of the molecule is CC(C)(C)c1ccc(OCc2ccc(Br)o2)cc1. The molecule has 0 amide bonds. The van der Waals surface area contributed by atoms with E-state index >= 15 is 0 Å². The summed E-state index contributed by atoms with van der Waals surface area (Å²) in [5, 5.41) is 0. The van der Waals surface area contributed by atoms with Gasteiger partial charge in [0.2, 0.25) is 0 Å². The van der Waals surface area contributed by atoms with Gasteiger partial charge < -0.3 is 9.15 Å². The van der Waals surface area contributed by atoms with E-state index in [4.69, 9.17) is 9.15 Å². The lowest BCUT2D eigenvalue weighted by molar-refractivity contribution is 0.267. The normalized spacial score (nSPS) is 11.6. The van der Waals surface area contributed by atoms with E-state index in [1.54, 1.807) is 0 Å². The molecule has 0 N–H and O–H groups in total. The average Bonchev–Trinajstić information content (AvgIpc) is 2.72.